The largest absolute Gasteiger partial charge is 0.354 e. The molecule has 1 atom stereocenters. The third-order valence-electron chi connectivity index (χ3n) is 3.60. The first kappa shape index (κ1) is 21.9. The summed E-state index contributed by atoms with van der Waals surface area (Å²) in [6.07, 6.45) is 6.73. The van der Waals surface area contributed by atoms with Crippen molar-refractivity contribution in [2.45, 2.75) is 59.0 Å². The van der Waals surface area contributed by atoms with Gasteiger partial charge < -0.3 is 15.2 Å². The van der Waals surface area contributed by atoms with Gasteiger partial charge in [0.2, 0.25) is 0 Å². The Morgan fingerprint density at radius 1 is 1.39 bits per heavy atom. The maximum atomic E-state index is 4.60. The van der Waals surface area contributed by atoms with Crippen LogP contribution in [0.4, 0.5) is 0 Å². The number of aryl methyl sites for hydroxylation is 1. The maximum Gasteiger partial charge on any atom is 0.192 e. The highest BCUT2D eigenvalue weighted by atomic mass is 127. The first-order valence-electron chi connectivity index (χ1n) is 8.09. The summed E-state index contributed by atoms with van der Waals surface area (Å²) in [4.78, 5) is 4.60. The third kappa shape index (κ3) is 8.34. The number of aliphatic imine (C=N–C) groups is 1. The predicted octanol–water partition coefficient (Wildman–Crippen LogP) is 2.93. The SMILES string of the molecule is C=CCNC(=NCc1nnc(C)n1C)NC(C)CCCCC.I. The molecule has 7 heteroatoms. The lowest BCUT2D eigenvalue weighted by molar-refractivity contribution is 0.547. The molecule has 0 radical (unpaired) electrons. The Labute approximate surface area is 157 Å². The van der Waals surface area contributed by atoms with Crippen molar-refractivity contribution in [3.63, 3.8) is 0 Å². The average molecular weight is 434 g/mol. The summed E-state index contributed by atoms with van der Waals surface area (Å²) in [5.41, 5.74) is 0. The molecule has 1 aromatic heterocycles. The van der Waals surface area contributed by atoms with E-state index in [0.29, 0.717) is 19.1 Å². The number of rotatable bonds is 9. The van der Waals surface area contributed by atoms with Crippen molar-refractivity contribution >= 4 is 29.9 Å². The van der Waals surface area contributed by atoms with Gasteiger partial charge in [0.15, 0.2) is 11.8 Å². The predicted molar refractivity (Wildman–Crippen MR) is 107 cm³/mol. The van der Waals surface area contributed by atoms with Crippen LogP contribution >= 0.6 is 24.0 Å². The van der Waals surface area contributed by atoms with Crippen molar-refractivity contribution in [3.8, 4) is 0 Å². The molecule has 1 heterocycles. The Morgan fingerprint density at radius 2 is 2.13 bits per heavy atom. The molecule has 1 rings (SSSR count). The number of hydrogen-bond acceptors (Lipinski definition) is 3. The number of aromatic nitrogens is 3. The summed E-state index contributed by atoms with van der Waals surface area (Å²) in [5.74, 6) is 2.55. The number of guanidine groups is 1. The van der Waals surface area contributed by atoms with Crippen LogP contribution in [0.3, 0.4) is 0 Å². The summed E-state index contributed by atoms with van der Waals surface area (Å²) >= 11 is 0. The zero-order valence-corrected chi connectivity index (χ0v) is 17.1. The fraction of sp³-hybridized carbons (Fsp3) is 0.688. The molecule has 23 heavy (non-hydrogen) atoms. The van der Waals surface area contributed by atoms with Gasteiger partial charge in [0.25, 0.3) is 0 Å². The van der Waals surface area contributed by atoms with Gasteiger partial charge >= 0.3 is 0 Å². The average Bonchev–Trinajstić information content (AvgIpc) is 2.82. The third-order valence-corrected chi connectivity index (χ3v) is 3.60. The van der Waals surface area contributed by atoms with Gasteiger partial charge in [0.1, 0.15) is 12.4 Å². The first-order valence-corrected chi connectivity index (χ1v) is 8.09. The molecule has 0 aliphatic rings. The smallest absolute Gasteiger partial charge is 0.192 e. The Balaban J connectivity index is 0.00000484. The van der Waals surface area contributed by atoms with Gasteiger partial charge in [-0.3, -0.25) is 0 Å². The highest BCUT2D eigenvalue weighted by Crippen LogP contribution is 2.03. The van der Waals surface area contributed by atoms with E-state index in [2.05, 4.69) is 46.2 Å². The summed E-state index contributed by atoms with van der Waals surface area (Å²) in [7, 11) is 1.96. The van der Waals surface area contributed by atoms with E-state index in [1.807, 2.05) is 24.6 Å². The summed E-state index contributed by atoms with van der Waals surface area (Å²) in [5, 5.41) is 14.9. The lowest BCUT2D eigenvalue weighted by Crippen LogP contribution is -2.42. The van der Waals surface area contributed by atoms with Crippen molar-refractivity contribution in [1.29, 1.82) is 0 Å². The van der Waals surface area contributed by atoms with Crippen molar-refractivity contribution in [2.24, 2.45) is 12.0 Å². The van der Waals surface area contributed by atoms with Crippen LogP contribution in [0, 0.1) is 6.92 Å². The minimum Gasteiger partial charge on any atom is -0.354 e. The monoisotopic (exact) mass is 434 g/mol. The van der Waals surface area contributed by atoms with Gasteiger partial charge in [-0.1, -0.05) is 32.3 Å². The van der Waals surface area contributed by atoms with E-state index in [9.17, 15) is 0 Å². The second-order valence-electron chi connectivity index (χ2n) is 5.60. The quantitative estimate of drug-likeness (QED) is 0.206. The molecule has 1 unspecified atom stereocenters. The van der Waals surface area contributed by atoms with Crippen LogP contribution in [-0.2, 0) is 13.6 Å². The topological polar surface area (TPSA) is 67.1 Å². The van der Waals surface area contributed by atoms with Crippen molar-refractivity contribution < 1.29 is 0 Å². The van der Waals surface area contributed by atoms with Crippen molar-refractivity contribution in [2.75, 3.05) is 6.54 Å². The van der Waals surface area contributed by atoms with Crippen molar-refractivity contribution in [1.82, 2.24) is 25.4 Å². The molecule has 0 bridgehead atoms. The van der Waals surface area contributed by atoms with Crippen LogP contribution in [0.1, 0.15) is 51.2 Å². The van der Waals surface area contributed by atoms with E-state index in [1.165, 1.54) is 19.3 Å². The van der Waals surface area contributed by atoms with Gasteiger partial charge in [0, 0.05) is 19.6 Å². The van der Waals surface area contributed by atoms with Crippen LogP contribution in [0.25, 0.3) is 0 Å². The number of nitrogens with one attached hydrogen (secondary N) is 2. The summed E-state index contributed by atoms with van der Waals surface area (Å²) < 4.78 is 1.96. The van der Waals surface area contributed by atoms with Crippen LogP contribution in [0.2, 0.25) is 0 Å². The van der Waals surface area contributed by atoms with Crippen LogP contribution in [0.5, 0.6) is 0 Å². The molecule has 1 aromatic rings. The number of unbranched alkanes of at least 4 members (excludes halogenated alkanes) is 2. The lowest BCUT2D eigenvalue weighted by atomic mass is 10.1. The van der Waals surface area contributed by atoms with Gasteiger partial charge in [-0.25, -0.2) is 4.99 Å². The summed E-state index contributed by atoms with van der Waals surface area (Å²) in [6.45, 7) is 11.3. The molecule has 0 fully saturated rings. The normalized spacial score (nSPS) is 12.4. The van der Waals surface area contributed by atoms with Gasteiger partial charge in [-0.15, -0.1) is 40.8 Å². The number of hydrogen-bond donors (Lipinski definition) is 2. The molecule has 0 aromatic carbocycles. The standard InChI is InChI=1S/C16H30N6.HI/c1-6-8-9-10-13(3)19-16(17-11-7-2)18-12-15-21-20-14(4)22(15)5;/h7,13H,2,6,8-12H2,1,3-5H3,(H2,17,18,19);1H. The number of halogens is 1. The highest BCUT2D eigenvalue weighted by Gasteiger charge is 2.07. The van der Waals surface area contributed by atoms with Gasteiger partial charge in [0.05, 0.1) is 0 Å². The molecule has 0 amide bonds. The van der Waals surface area contributed by atoms with Gasteiger partial charge in [-0.05, 0) is 20.3 Å². The van der Waals surface area contributed by atoms with Crippen LogP contribution < -0.4 is 10.6 Å². The second kappa shape index (κ2) is 12.3. The fourth-order valence-corrected chi connectivity index (χ4v) is 2.07. The molecular weight excluding hydrogens is 403 g/mol. The molecule has 0 saturated carbocycles. The molecule has 2 N–H and O–H groups in total. The zero-order chi connectivity index (χ0) is 16.4. The second-order valence-corrected chi connectivity index (χ2v) is 5.60. The maximum absolute atomic E-state index is 4.60. The molecule has 132 valence electrons. The Bertz CT molecular complexity index is 483. The molecule has 0 saturated heterocycles. The van der Waals surface area contributed by atoms with Crippen LogP contribution in [-0.4, -0.2) is 33.3 Å². The first-order chi connectivity index (χ1) is 10.6. The van der Waals surface area contributed by atoms with Gasteiger partial charge in [-0.2, -0.15) is 0 Å². The lowest BCUT2D eigenvalue weighted by Gasteiger charge is -2.17. The molecule has 6 nitrogen and oxygen atoms in total. The zero-order valence-electron chi connectivity index (χ0n) is 14.8. The Kier molecular flexibility index (Phi) is 11.7. The molecule has 0 spiro atoms. The van der Waals surface area contributed by atoms with E-state index >= 15 is 0 Å². The molecular formula is C16H31IN6. The molecule has 0 aliphatic carbocycles. The number of nitrogens with zero attached hydrogens (tertiary/aromatic N) is 4. The summed E-state index contributed by atoms with van der Waals surface area (Å²) in [6, 6.07) is 0.392. The van der Waals surface area contributed by atoms with Crippen molar-refractivity contribution in [3.05, 3.63) is 24.3 Å². The highest BCUT2D eigenvalue weighted by molar-refractivity contribution is 14.0. The van der Waals surface area contributed by atoms with E-state index < -0.39 is 0 Å². The van der Waals surface area contributed by atoms with E-state index in [4.69, 9.17) is 0 Å². The minimum absolute atomic E-state index is 0. The molecule has 0 aliphatic heterocycles. The van der Waals surface area contributed by atoms with E-state index in [1.54, 1.807) is 0 Å². The fourth-order valence-electron chi connectivity index (χ4n) is 2.07. The van der Waals surface area contributed by atoms with E-state index in [-0.39, 0.29) is 24.0 Å². The minimum atomic E-state index is 0. The Hall–Kier alpha value is -1.12. The van der Waals surface area contributed by atoms with Crippen LogP contribution in [0.15, 0.2) is 17.6 Å². The van der Waals surface area contributed by atoms with E-state index in [0.717, 1.165) is 24.0 Å². The Morgan fingerprint density at radius 3 is 2.70 bits per heavy atom.